The fourth-order valence-corrected chi connectivity index (χ4v) is 1.61. The van der Waals surface area contributed by atoms with Crippen LogP contribution in [0.15, 0.2) is 17.9 Å². The number of carboxylic acids is 1. The number of carboxylic acid groups (broad SMARTS) is 1. The third kappa shape index (κ3) is 4.54. The van der Waals surface area contributed by atoms with Gasteiger partial charge in [0, 0.05) is 6.42 Å². The Morgan fingerprint density at radius 3 is 2.77 bits per heavy atom. The molecule has 0 radical (unpaired) electrons. The Morgan fingerprint density at radius 2 is 2.15 bits per heavy atom. The summed E-state index contributed by atoms with van der Waals surface area (Å²) in [7, 11) is 0. The van der Waals surface area contributed by atoms with E-state index < -0.39 is 5.97 Å². The molecule has 0 aliphatic heterocycles. The van der Waals surface area contributed by atoms with Crippen LogP contribution in [0.4, 0.5) is 0 Å². The Kier molecular flexibility index (Phi) is 4.34. The lowest BCUT2D eigenvalue weighted by Gasteiger charge is -1.95. The second kappa shape index (κ2) is 5.60. The smallest absolute Gasteiger partial charge is 0.303 e. The molecular formula is C11H16O2. The molecule has 1 fully saturated rings. The molecule has 0 saturated heterocycles. The summed E-state index contributed by atoms with van der Waals surface area (Å²) in [4.78, 5) is 10.2. The summed E-state index contributed by atoms with van der Waals surface area (Å²) in [5.74, 6) is -0.0417. The summed E-state index contributed by atoms with van der Waals surface area (Å²) < 4.78 is 0. The minimum Gasteiger partial charge on any atom is -0.481 e. The van der Waals surface area contributed by atoms with Crippen LogP contribution in [0.2, 0.25) is 0 Å². The zero-order valence-corrected chi connectivity index (χ0v) is 7.83. The standard InChI is InChI=1S/C11H16O2/c12-11(13)9-3-1-2-6-10-7-4-5-8-10/h1,6,10H,3-5,7-9H2,(H,12,13). The summed E-state index contributed by atoms with van der Waals surface area (Å²) in [5.41, 5.74) is 3.07. The Bertz CT molecular complexity index is 218. The predicted molar refractivity (Wildman–Crippen MR) is 51.5 cm³/mol. The van der Waals surface area contributed by atoms with E-state index in [1.807, 2.05) is 6.08 Å². The van der Waals surface area contributed by atoms with E-state index in [1.54, 1.807) is 0 Å². The molecule has 1 aliphatic carbocycles. The van der Waals surface area contributed by atoms with Gasteiger partial charge in [-0.25, -0.2) is 0 Å². The van der Waals surface area contributed by atoms with Crippen molar-refractivity contribution < 1.29 is 9.90 Å². The van der Waals surface area contributed by atoms with Crippen molar-refractivity contribution in [2.45, 2.75) is 38.5 Å². The van der Waals surface area contributed by atoms with E-state index in [1.165, 1.54) is 25.7 Å². The van der Waals surface area contributed by atoms with E-state index in [4.69, 9.17) is 5.11 Å². The van der Waals surface area contributed by atoms with Gasteiger partial charge in [-0.15, -0.1) is 5.73 Å². The summed E-state index contributed by atoms with van der Waals surface area (Å²) in [6.07, 6.45) is 9.95. The Labute approximate surface area is 79.0 Å². The van der Waals surface area contributed by atoms with Gasteiger partial charge in [0.05, 0.1) is 0 Å². The molecule has 0 bridgehead atoms. The van der Waals surface area contributed by atoms with Crippen molar-refractivity contribution in [3.8, 4) is 0 Å². The molecular weight excluding hydrogens is 164 g/mol. The fraction of sp³-hybridized carbons (Fsp3) is 0.636. The average Bonchev–Trinajstić information content (AvgIpc) is 2.55. The number of carbonyl (C=O) groups is 1. The van der Waals surface area contributed by atoms with Crippen LogP contribution in [0.25, 0.3) is 0 Å². The van der Waals surface area contributed by atoms with E-state index in [-0.39, 0.29) is 6.42 Å². The first-order valence-electron chi connectivity index (χ1n) is 4.92. The van der Waals surface area contributed by atoms with Gasteiger partial charge in [-0.05, 0) is 37.3 Å². The Hall–Kier alpha value is -1.01. The normalized spacial score (nSPS) is 16.6. The van der Waals surface area contributed by atoms with Crippen molar-refractivity contribution in [1.82, 2.24) is 0 Å². The zero-order chi connectivity index (χ0) is 9.52. The van der Waals surface area contributed by atoms with Crippen molar-refractivity contribution in [2.24, 2.45) is 5.92 Å². The lowest BCUT2D eigenvalue weighted by Crippen LogP contribution is -1.91. The molecule has 0 spiro atoms. The van der Waals surface area contributed by atoms with Gasteiger partial charge in [0.2, 0.25) is 0 Å². The molecule has 0 unspecified atom stereocenters. The second-order valence-electron chi connectivity index (χ2n) is 3.51. The minimum atomic E-state index is -0.737. The van der Waals surface area contributed by atoms with E-state index in [0.29, 0.717) is 12.3 Å². The molecule has 13 heavy (non-hydrogen) atoms. The topological polar surface area (TPSA) is 37.3 Å². The van der Waals surface area contributed by atoms with Crippen molar-refractivity contribution in [3.05, 3.63) is 17.9 Å². The van der Waals surface area contributed by atoms with E-state index in [2.05, 4.69) is 11.8 Å². The van der Waals surface area contributed by atoms with Gasteiger partial charge in [-0.3, -0.25) is 4.79 Å². The molecule has 0 amide bonds. The first-order chi connectivity index (χ1) is 6.29. The van der Waals surface area contributed by atoms with Gasteiger partial charge in [0.25, 0.3) is 0 Å². The molecule has 1 aliphatic rings. The third-order valence-corrected chi connectivity index (χ3v) is 2.35. The summed E-state index contributed by atoms with van der Waals surface area (Å²) in [6, 6.07) is 0. The van der Waals surface area contributed by atoms with Gasteiger partial charge in [-0.1, -0.05) is 12.8 Å². The Morgan fingerprint density at radius 1 is 1.46 bits per heavy atom. The molecule has 0 atom stereocenters. The van der Waals surface area contributed by atoms with E-state index >= 15 is 0 Å². The van der Waals surface area contributed by atoms with E-state index in [9.17, 15) is 4.79 Å². The second-order valence-corrected chi connectivity index (χ2v) is 3.51. The molecule has 72 valence electrons. The highest BCUT2D eigenvalue weighted by Crippen LogP contribution is 2.25. The number of hydrogen-bond acceptors (Lipinski definition) is 1. The molecule has 2 heteroatoms. The van der Waals surface area contributed by atoms with Crippen LogP contribution in [0.3, 0.4) is 0 Å². The van der Waals surface area contributed by atoms with Crippen LogP contribution in [-0.2, 0) is 4.79 Å². The molecule has 1 N–H and O–H groups in total. The number of aliphatic carboxylic acids is 1. The highest BCUT2D eigenvalue weighted by molar-refractivity contribution is 5.66. The molecule has 0 aromatic heterocycles. The molecule has 1 rings (SSSR count). The third-order valence-electron chi connectivity index (χ3n) is 2.35. The van der Waals surface area contributed by atoms with Crippen LogP contribution < -0.4 is 0 Å². The van der Waals surface area contributed by atoms with Crippen molar-refractivity contribution >= 4 is 5.97 Å². The average molecular weight is 180 g/mol. The van der Waals surface area contributed by atoms with Gasteiger partial charge in [0.1, 0.15) is 0 Å². The van der Waals surface area contributed by atoms with Crippen LogP contribution in [0.1, 0.15) is 38.5 Å². The summed E-state index contributed by atoms with van der Waals surface area (Å²) >= 11 is 0. The molecule has 0 aromatic rings. The molecule has 1 saturated carbocycles. The van der Waals surface area contributed by atoms with Crippen LogP contribution >= 0.6 is 0 Å². The maximum Gasteiger partial charge on any atom is 0.303 e. The highest BCUT2D eigenvalue weighted by atomic mass is 16.4. The predicted octanol–water partition coefficient (Wildman–Crippen LogP) is 2.75. The van der Waals surface area contributed by atoms with Gasteiger partial charge in [-0.2, -0.15) is 0 Å². The largest absolute Gasteiger partial charge is 0.481 e. The van der Waals surface area contributed by atoms with Crippen molar-refractivity contribution in [1.29, 1.82) is 0 Å². The number of allylic oxidation sites excluding steroid dienone is 1. The first kappa shape index (κ1) is 10.1. The molecule has 2 nitrogen and oxygen atoms in total. The summed E-state index contributed by atoms with van der Waals surface area (Å²) in [5, 5.41) is 8.37. The van der Waals surface area contributed by atoms with Crippen LogP contribution in [0, 0.1) is 5.92 Å². The van der Waals surface area contributed by atoms with Gasteiger partial charge >= 0.3 is 5.97 Å². The van der Waals surface area contributed by atoms with Crippen molar-refractivity contribution in [2.75, 3.05) is 0 Å². The number of rotatable bonds is 4. The minimum absolute atomic E-state index is 0.214. The lowest BCUT2D eigenvalue weighted by atomic mass is 10.1. The Balaban J connectivity index is 2.17. The monoisotopic (exact) mass is 180 g/mol. The van der Waals surface area contributed by atoms with E-state index in [0.717, 1.165) is 0 Å². The van der Waals surface area contributed by atoms with Crippen molar-refractivity contribution in [3.63, 3.8) is 0 Å². The number of hydrogen-bond donors (Lipinski definition) is 1. The van der Waals surface area contributed by atoms with Crippen LogP contribution in [-0.4, -0.2) is 11.1 Å². The first-order valence-corrected chi connectivity index (χ1v) is 4.92. The zero-order valence-electron chi connectivity index (χ0n) is 7.83. The van der Waals surface area contributed by atoms with Crippen LogP contribution in [0.5, 0.6) is 0 Å². The SMILES string of the molecule is O=C(O)CCC=C=CC1CCCC1. The fourth-order valence-electron chi connectivity index (χ4n) is 1.61. The highest BCUT2D eigenvalue weighted by Gasteiger charge is 2.10. The van der Waals surface area contributed by atoms with Gasteiger partial charge in [0.15, 0.2) is 0 Å². The maximum atomic E-state index is 10.2. The van der Waals surface area contributed by atoms with Gasteiger partial charge < -0.3 is 5.11 Å². The summed E-state index contributed by atoms with van der Waals surface area (Å²) in [6.45, 7) is 0. The molecule has 0 aromatic carbocycles. The molecule has 0 heterocycles. The maximum absolute atomic E-state index is 10.2. The quantitative estimate of drug-likeness (QED) is 0.675. The lowest BCUT2D eigenvalue weighted by molar-refractivity contribution is -0.136.